The van der Waals surface area contributed by atoms with Gasteiger partial charge in [-0.25, -0.2) is 8.78 Å². The SMILES string of the molecule is [B]c1nc(C(=O)F)cc(F)c1F. The molecule has 12 heavy (non-hydrogen) atoms. The average molecular weight is 171 g/mol. The van der Waals surface area contributed by atoms with E-state index in [4.69, 9.17) is 7.85 Å². The van der Waals surface area contributed by atoms with Gasteiger partial charge < -0.3 is 0 Å². The van der Waals surface area contributed by atoms with E-state index in [9.17, 15) is 18.0 Å². The van der Waals surface area contributed by atoms with Gasteiger partial charge in [0.15, 0.2) is 11.6 Å². The van der Waals surface area contributed by atoms with Crippen molar-refractivity contribution in [3.8, 4) is 0 Å². The maximum Gasteiger partial charge on any atom is 0.350 e. The Morgan fingerprint density at radius 3 is 2.50 bits per heavy atom. The van der Waals surface area contributed by atoms with Crippen molar-refractivity contribution in [3.63, 3.8) is 0 Å². The number of hydrogen-bond acceptors (Lipinski definition) is 2. The van der Waals surface area contributed by atoms with Gasteiger partial charge in [-0.05, 0) is 0 Å². The van der Waals surface area contributed by atoms with Crippen LogP contribution in [0.5, 0.6) is 0 Å². The number of nitrogens with zero attached hydrogens (tertiary/aromatic N) is 1. The van der Waals surface area contributed by atoms with Crippen LogP contribution in [0.4, 0.5) is 13.2 Å². The highest BCUT2D eigenvalue weighted by atomic mass is 19.2. The number of rotatable bonds is 1. The van der Waals surface area contributed by atoms with Crippen molar-refractivity contribution < 1.29 is 18.0 Å². The summed E-state index contributed by atoms with van der Waals surface area (Å²) in [7, 11) is 4.81. The minimum atomic E-state index is -1.96. The van der Waals surface area contributed by atoms with Crippen LogP contribution < -0.4 is 5.59 Å². The van der Waals surface area contributed by atoms with Crippen molar-refractivity contribution in [2.24, 2.45) is 0 Å². The third kappa shape index (κ3) is 1.47. The highest BCUT2D eigenvalue weighted by Gasteiger charge is 2.12. The molecule has 0 aliphatic heterocycles. The van der Waals surface area contributed by atoms with Crippen molar-refractivity contribution in [2.75, 3.05) is 0 Å². The first kappa shape index (κ1) is 8.77. The predicted molar refractivity (Wildman–Crippen MR) is 35.0 cm³/mol. The molecule has 0 bridgehead atoms. The molecule has 0 aliphatic carbocycles. The largest absolute Gasteiger partial charge is 0.350 e. The number of pyridine rings is 1. The molecule has 6 heteroatoms. The molecule has 1 aromatic heterocycles. The molecule has 1 heterocycles. The number of halogens is 3. The van der Waals surface area contributed by atoms with Gasteiger partial charge in [0.25, 0.3) is 0 Å². The number of carbonyl (C=O) groups is 1. The van der Waals surface area contributed by atoms with Crippen LogP contribution in [0.1, 0.15) is 10.5 Å². The average Bonchev–Trinajstić information content (AvgIpc) is 1.99. The Bertz CT molecular complexity index is 319. The van der Waals surface area contributed by atoms with Crippen LogP contribution in [-0.2, 0) is 0 Å². The molecule has 2 radical (unpaired) electrons. The van der Waals surface area contributed by atoms with Gasteiger partial charge in [0, 0.05) is 11.7 Å². The Morgan fingerprint density at radius 1 is 1.50 bits per heavy atom. The minimum absolute atomic E-state index is 0.341. The lowest BCUT2D eigenvalue weighted by Crippen LogP contribution is -2.18. The Hall–Kier alpha value is -1.33. The summed E-state index contributed by atoms with van der Waals surface area (Å²) >= 11 is 0. The monoisotopic (exact) mass is 171 g/mol. The maximum absolute atomic E-state index is 12.4. The maximum atomic E-state index is 12.4. The lowest BCUT2D eigenvalue weighted by molar-refractivity contribution is 0.0829. The number of carbonyl (C=O) groups excluding carboxylic acids is 1. The van der Waals surface area contributed by atoms with Crippen molar-refractivity contribution in [1.29, 1.82) is 0 Å². The Labute approximate surface area is 66.8 Å². The molecular weight excluding hydrogens is 170 g/mol. The normalized spacial score (nSPS) is 9.92. The second kappa shape index (κ2) is 2.96. The van der Waals surface area contributed by atoms with Crippen LogP contribution in [0.25, 0.3) is 0 Å². The van der Waals surface area contributed by atoms with Gasteiger partial charge in [-0.3, -0.25) is 9.78 Å². The molecule has 0 fully saturated rings. The first-order valence-corrected chi connectivity index (χ1v) is 2.83. The fraction of sp³-hybridized carbons (Fsp3) is 0. The molecule has 0 atom stereocenters. The molecule has 0 aromatic carbocycles. The van der Waals surface area contributed by atoms with E-state index in [-0.39, 0.29) is 0 Å². The summed E-state index contributed by atoms with van der Waals surface area (Å²) in [6.45, 7) is 0. The summed E-state index contributed by atoms with van der Waals surface area (Å²) in [5.41, 5.74) is -1.68. The van der Waals surface area contributed by atoms with Crippen LogP contribution in [0.2, 0.25) is 0 Å². The summed E-state index contributed by atoms with van der Waals surface area (Å²) < 4.78 is 36.6. The first-order chi connectivity index (χ1) is 5.52. The van der Waals surface area contributed by atoms with Crippen LogP contribution in [0.3, 0.4) is 0 Å². The summed E-state index contributed by atoms with van der Waals surface area (Å²) in [5.74, 6) is -2.79. The third-order valence-corrected chi connectivity index (χ3v) is 1.14. The summed E-state index contributed by atoms with van der Waals surface area (Å²) in [5, 5.41) is 0. The zero-order chi connectivity index (χ0) is 9.30. The molecule has 0 spiro atoms. The Morgan fingerprint density at radius 2 is 2.08 bits per heavy atom. The van der Waals surface area contributed by atoms with Gasteiger partial charge >= 0.3 is 6.04 Å². The molecule has 0 N–H and O–H groups in total. The van der Waals surface area contributed by atoms with E-state index in [1.165, 1.54) is 0 Å². The van der Waals surface area contributed by atoms with Gasteiger partial charge in [-0.2, -0.15) is 4.39 Å². The first-order valence-electron chi connectivity index (χ1n) is 2.83. The van der Waals surface area contributed by atoms with E-state index in [1.54, 1.807) is 0 Å². The fourth-order valence-corrected chi connectivity index (χ4v) is 0.618. The van der Waals surface area contributed by atoms with E-state index in [2.05, 4.69) is 4.98 Å². The molecule has 0 amide bonds. The van der Waals surface area contributed by atoms with Crippen LogP contribution in [-0.4, -0.2) is 18.9 Å². The zero-order valence-electron chi connectivity index (χ0n) is 5.64. The van der Waals surface area contributed by atoms with E-state index in [0.717, 1.165) is 0 Å². The topological polar surface area (TPSA) is 30.0 Å². The molecule has 0 saturated carbocycles. The second-order valence-electron chi connectivity index (χ2n) is 1.96. The third-order valence-electron chi connectivity index (χ3n) is 1.14. The van der Waals surface area contributed by atoms with E-state index >= 15 is 0 Å². The van der Waals surface area contributed by atoms with Crippen molar-refractivity contribution in [2.45, 2.75) is 0 Å². The summed E-state index contributed by atoms with van der Waals surface area (Å²) in [6, 6.07) is -1.62. The lowest BCUT2D eigenvalue weighted by atomic mass is 10.0. The van der Waals surface area contributed by atoms with Gasteiger partial charge in [0.2, 0.25) is 0 Å². The quantitative estimate of drug-likeness (QED) is 0.448. The molecule has 0 saturated heterocycles. The second-order valence-corrected chi connectivity index (χ2v) is 1.96. The van der Waals surface area contributed by atoms with E-state index < -0.39 is 29.0 Å². The summed E-state index contributed by atoms with van der Waals surface area (Å²) in [4.78, 5) is 13.0. The molecular formula is C6HBF3NO. The molecule has 60 valence electrons. The molecule has 0 unspecified atom stereocenters. The Balaban J connectivity index is 3.31. The van der Waals surface area contributed by atoms with Crippen molar-refractivity contribution in [3.05, 3.63) is 23.4 Å². The molecule has 1 rings (SSSR count). The fourth-order valence-electron chi connectivity index (χ4n) is 0.618. The van der Waals surface area contributed by atoms with Crippen LogP contribution in [0.15, 0.2) is 6.07 Å². The standard InChI is InChI=1S/C6HBF3NO/c7-5-4(9)2(8)1-3(11-5)6(10)12/h1H. The van der Waals surface area contributed by atoms with Crippen molar-refractivity contribution in [1.82, 2.24) is 4.98 Å². The van der Waals surface area contributed by atoms with Crippen LogP contribution in [0, 0.1) is 11.6 Å². The Kier molecular flexibility index (Phi) is 2.17. The number of aromatic nitrogens is 1. The molecule has 1 aromatic rings. The van der Waals surface area contributed by atoms with Gasteiger partial charge in [-0.15, -0.1) is 0 Å². The highest BCUT2D eigenvalue weighted by Crippen LogP contribution is 2.04. The zero-order valence-corrected chi connectivity index (χ0v) is 5.64. The lowest BCUT2D eigenvalue weighted by Gasteiger charge is -1.98. The van der Waals surface area contributed by atoms with Gasteiger partial charge in [0.1, 0.15) is 13.5 Å². The van der Waals surface area contributed by atoms with Crippen molar-refractivity contribution >= 4 is 19.5 Å². The smallest absolute Gasteiger partial charge is 0.255 e. The predicted octanol–water partition coefficient (Wildman–Crippen LogP) is 0.263. The van der Waals surface area contributed by atoms with Gasteiger partial charge in [-0.1, -0.05) is 0 Å². The summed E-state index contributed by atoms with van der Waals surface area (Å²) in [6.07, 6.45) is 0. The van der Waals surface area contributed by atoms with Gasteiger partial charge in [0.05, 0.1) is 0 Å². The van der Waals surface area contributed by atoms with E-state index in [0.29, 0.717) is 6.07 Å². The van der Waals surface area contributed by atoms with E-state index in [1.807, 2.05) is 0 Å². The number of hydrogen-bond donors (Lipinski definition) is 0. The van der Waals surface area contributed by atoms with Crippen LogP contribution >= 0.6 is 0 Å². The molecule has 0 aliphatic rings. The highest BCUT2D eigenvalue weighted by molar-refractivity contribution is 6.30. The minimum Gasteiger partial charge on any atom is -0.255 e. The molecule has 2 nitrogen and oxygen atoms in total.